The highest BCUT2D eigenvalue weighted by molar-refractivity contribution is 7.13. The van der Waals surface area contributed by atoms with Crippen molar-refractivity contribution >= 4 is 17.2 Å². The Balaban J connectivity index is 1.56. The quantitative estimate of drug-likeness (QED) is 0.731. The number of nitrogens with zero attached hydrogens (tertiary/aromatic N) is 4. The second-order valence-corrected chi connectivity index (χ2v) is 8.61. The molecule has 3 rings (SSSR count). The van der Waals surface area contributed by atoms with Gasteiger partial charge in [-0.1, -0.05) is 18.2 Å². The van der Waals surface area contributed by atoms with Crippen LogP contribution in [0.4, 0.5) is 0 Å². The number of benzene rings is 1. The molecule has 6 nitrogen and oxygen atoms in total. The summed E-state index contributed by atoms with van der Waals surface area (Å²) < 4.78 is 0. The number of hydrogen-bond donors (Lipinski definition) is 1. The molecule has 0 unspecified atom stereocenters. The monoisotopic (exact) mass is 401 g/mol. The number of nitrogens with one attached hydrogen (secondary N) is 1. The van der Waals surface area contributed by atoms with E-state index in [2.05, 4.69) is 56.3 Å². The molecule has 1 saturated heterocycles. The minimum atomic E-state index is 0.0301. The molecule has 1 fully saturated rings. The van der Waals surface area contributed by atoms with E-state index in [-0.39, 0.29) is 5.91 Å². The SMILES string of the molecule is CN(C)CCNC(=O)Cc1csc(-c2cccc(CN3CCN(C)CC3)c2)n1. The molecule has 2 aromatic rings. The number of amides is 1. The van der Waals surface area contributed by atoms with Crippen LogP contribution in [-0.2, 0) is 17.8 Å². The zero-order valence-corrected chi connectivity index (χ0v) is 18.0. The van der Waals surface area contributed by atoms with Crippen molar-refractivity contribution in [2.75, 3.05) is 60.4 Å². The number of rotatable bonds is 8. The summed E-state index contributed by atoms with van der Waals surface area (Å²) in [7, 11) is 6.17. The Labute approximate surface area is 172 Å². The van der Waals surface area contributed by atoms with E-state index in [9.17, 15) is 4.79 Å². The van der Waals surface area contributed by atoms with Gasteiger partial charge in [-0.3, -0.25) is 9.69 Å². The first-order chi connectivity index (χ1) is 13.5. The van der Waals surface area contributed by atoms with E-state index in [1.165, 1.54) is 5.56 Å². The van der Waals surface area contributed by atoms with Crippen molar-refractivity contribution in [2.45, 2.75) is 13.0 Å². The Morgan fingerprint density at radius 3 is 2.79 bits per heavy atom. The number of piperazine rings is 1. The third-order valence-corrected chi connectivity index (χ3v) is 5.89. The summed E-state index contributed by atoms with van der Waals surface area (Å²) in [6.45, 7) is 6.98. The Hall–Kier alpha value is -1.80. The minimum Gasteiger partial charge on any atom is -0.354 e. The van der Waals surface area contributed by atoms with Crippen molar-refractivity contribution < 1.29 is 4.79 Å². The van der Waals surface area contributed by atoms with E-state index in [1.54, 1.807) is 11.3 Å². The lowest BCUT2D eigenvalue weighted by Gasteiger charge is -2.32. The van der Waals surface area contributed by atoms with Gasteiger partial charge in [0.1, 0.15) is 5.01 Å². The zero-order chi connectivity index (χ0) is 19.9. The van der Waals surface area contributed by atoms with Gasteiger partial charge >= 0.3 is 0 Å². The Morgan fingerprint density at radius 2 is 2.04 bits per heavy atom. The van der Waals surface area contributed by atoms with Crippen molar-refractivity contribution in [3.8, 4) is 10.6 Å². The Kier molecular flexibility index (Phi) is 7.56. The number of thiazole rings is 1. The summed E-state index contributed by atoms with van der Waals surface area (Å²) >= 11 is 1.61. The van der Waals surface area contributed by atoms with Crippen LogP contribution in [-0.4, -0.2) is 86.0 Å². The molecular weight excluding hydrogens is 370 g/mol. The van der Waals surface area contributed by atoms with Crippen molar-refractivity contribution in [3.05, 3.63) is 40.9 Å². The molecule has 0 saturated carbocycles. The second kappa shape index (κ2) is 10.1. The van der Waals surface area contributed by atoms with Crippen LogP contribution in [0.5, 0.6) is 0 Å². The molecule has 1 aliphatic heterocycles. The largest absolute Gasteiger partial charge is 0.354 e. The third-order valence-electron chi connectivity index (χ3n) is 4.95. The maximum Gasteiger partial charge on any atom is 0.226 e. The lowest BCUT2D eigenvalue weighted by Crippen LogP contribution is -2.43. The molecule has 152 valence electrons. The molecule has 0 radical (unpaired) electrons. The van der Waals surface area contributed by atoms with Crippen LogP contribution < -0.4 is 5.32 Å². The third kappa shape index (κ3) is 6.38. The highest BCUT2D eigenvalue weighted by Gasteiger charge is 2.14. The molecule has 1 aromatic carbocycles. The summed E-state index contributed by atoms with van der Waals surface area (Å²) in [5, 5.41) is 5.92. The molecule has 2 heterocycles. The summed E-state index contributed by atoms with van der Waals surface area (Å²) in [5.41, 5.74) is 3.29. The van der Waals surface area contributed by atoms with Gasteiger partial charge in [0.25, 0.3) is 0 Å². The predicted molar refractivity (Wildman–Crippen MR) is 116 cm³/mol. The van der Waals surface area contributed by atoms with Crippen LogP contribution in [0.25, 0.3) is 10.6 Å². The molecule has 0 spiro atoms. The molecule has 7 heteroatoms. The lowest BCUT2D eigenvalue weighted by atomic mass is 10.1. The van der Waals surface area contributed by atoms with Gasteiger partial charge in [-0.05, 0) is 32.8 Å². The molecule has 1 aromatic heterocycles. The van der Waals surface area contributed by atoms with Crippen molar-refractivity contribution in [3.63, 3.8) is 0 Å². The molecule has 28 heavy (non-hydrogen) atoms. The number of carbonyl (C=O) groups is 1. The molecule has 0 atom stereocenters. The number of carbonyl (C=O) groups excluding carboxylic acids is 1. The fraction of sp³-hybridized carbons (Fsp3) is 0.524. The van der Waals surface area contributed by atoms with Crippen LogP contribution in [0.1, 0.15) is 11.3 Å². The topological polar surface area (TPSA) is 51.7 Å². The highest BCUT2D eigenvalue weighted by atomic mass is 32.1. The van der Waals surface area contributed by atoms with Gasteiger partial charge in [0.2, 0.25) is 5.91 Å². The first-order valence-electron chi connectivity index (χ1n) is 9.85. The fourth-order valence-corrected chi connectivity index (χ4v) is 4.05. The van der Waals surface area contributed by atoms with E-state index < -0.39 is 0 Å². The zero-order valence-electron chi connectivity index (χ0n) is 17.1. The summed E-state index contributed by atoms with van der Waals surface area (Å²) in [4.78, 5) is 23.7. The number of likely N-dealkylation sites (N-methyl/N-ethyl adjacent to an activating group) is 2. The standard InChI is InChI=1S/C21H31N5OS/c1-24(2)8-7-22-20(27)14-19-16-28-21(23-19)18-6-4-5-17(13-18)15-26-11-9-25(3)10-12-26/h4-6,13,16H,7-12,14-15H2,1-3H3,(H,22,27). The fourth-order valence-electron chi connectivity index (χ4n) is 3.23. The van der Waals surface area contributed by atoms with Gasteiger partial charge in [0.05, 0.1) is 12.1 Å². The smallest absolute Gasteiger partial charge is 0.226 e. The van der Waals surface area contributed by atoms with E-state index >= 15 is 0 Å². The molecule has 0 aliphatic carbocycles. The van der Waals surface area contributed by atoms with Gasteiger partial charge in [-0.25, -0.2) is 4.98 Å². The molecule has 1 N–H and O–H groups in total. The maximum atomic E-state index is 12.1. The van der Waals surface area contributed by atoms with Gasteiger partial charge in [0.15, 0.2) is 0 Å². The molecule has 1 amide bonds. The van der Waals surface area contributed by atoms with Crippen LogP contribution >= 0.6 is 11.3 Å². The molecular formula is C21H31N5OS. The maximum absolute atomic E-state index is 12.1. The van der Waals surface area contributed by atoms with E-state index in [0.717, 1.165) is 55.5 Å². The molecule has 1 aliphatic rings. The van der Waals surface area contributed by atoms with Crippen molar-refractivity contribution in [2.24, 2.45) is 0 Å². The van der Waals surface area contributed by atoms with Gasteiger partial charge in [-0.2, -0.15) is 0 Å². The van der Waals surface area contributed by atoms with Crippen molar-refractivity contribution in [1.29, 1.82) is 0 Å². The van der Waals surface area contributed by atoms with E-state index in [0.29, 0.717) is 13.0 Å². The highest BCUT2D eigenvalue weighted by Crippen LogP contribution is 2.25. The summed E-state index contributed by atoms with van der Waals surface area (Å²) in [6, 6.07) is 8.63. The average molecular weight is 402 g/mol. The number of aromatic nitrogens is 1. The van der Waals surface area contributed by atoms with Gasteiger partial charge in [0, 0.05) is 56.8 Å². The van der Waals surface area contributed by atoms with Crippen LogP contribution in [0.2, 0.25) is 0 Å². The van der Waals surface area contributed by atoms with E-state index in [1.807, 2.05) is 19.5 Å². The molecule has 0 bridgehead atoms. The first-order valence-corrected chi connectivity index (χ1v) is 10.7. The van der Waals surface area contributed by atoms with Gasteiger partial charge < -0.3 is 15.1 Å². The van der Waals surface area contributed by atoms with E-state index in [4.69, 9.17) is 0 Å². The van der Waals surface area contributed by atoms with Gasteiger partial charge in [-0.15, -0.1) is 11.3 Å². The summed E-state index contributed by atoms with van der Waals surface area (Å²) in [5.74, 6) is 0.0301. The minimum absolute atomic E-state index is 0.0301. The predicted octanol–water partition coefficient (Wildman–Crippen LogP) is 1.78. The first kappa shape index (κ1) is 20.9. The Bertz CT molecular complexity index is 768. The summed E-state index contributed by atoms with van der Waals surface area (Å²) in [6.07, 6.45) is 0.338. The van der Waals surface area contributed by atoms with Crippen LogP contribution in [0.3, 0.4) is 0 Å². The lowest BCUT2D eigenvalue weighted by molar-refractivity contribution is -0.120. The van der Waals surface area contributed by atoms with Crippen LogP contribution in [0.15, 0.2) is 29.6 Å². The van der Waals surface area contributed by atoms with Crippen LogP contribution in [0, 0.1) is 0 Å². The van der Waals surface area contributed by atoms with Crippen molar-refractivity contribution in [1.82, 2.24) is 25.0 Å². The second-order valence-electron chi connectivity index (χ2n) is 7.75. The average Bonchev–Trinajstić information content (AvgIpc) is 3.12. The number of hydrogen-bond acceptors (Lipinski definition) is 6. The normalized spacial score (nSPS) is 15.9. The Morgan fingerprint density at radius 1 is 1.25 bits per heavy atom.